The molecule has 1 aliphatic rings. The van der Waals surface area contributed by atoms with Gasteiger partial charge in [0.25, 0.3) is 5.91 Å². The average molecular weight is 481 g/mol. The number of benzene rings is 1. The summed E-state index contributed by atoms with van der Waals surface area (Å²) < 4.78 is 4.97. The van der Waals surface area contributed by atoms with Crippen molar-refractivity contribution in [2.75, 3.05) is 7.11 Å². The number of methoxy groups -OCH3 is 1. The standard InChI is InChI=1S/C27H32N2O4S/c1-16(2)25-11-10-20(34-25)15-24(27(32)33-3)29-26(31)23-13-18-8-9-19(30)14-21(18)22(28-23)12-17-6-4-5-7-17/h8-11,13-14,16-17,24,30H,4-7,12,15H2,1-3H3,(H,29,31). The highest BCUT2D eigenvalue weighted by atomic mass is 32.1. The first-order chi connectivity index (χ1) is 16.3. The Balaban J connectivity index is 1.60. The van der Waals surface area contributed by atoms with Crippen LogP contribution in [-0.2, 0) is 22.4 Å². The molecule has 2 N–H and O–H groups in total. The summed E-state index contributed by atoms with van der Waals surface area (Å²) in [5, 5.41) is 14.6. The zero-order valence-corrected chi connectivity index (χ0v) is 20.8. The van der Waals surface area contributed by atoms with E-state index in [4.69, 9.17) is 9.72 Å². The molecule has 6 nitrogen and oxygen atoms in total. The third-order valence-electron chi connectivity index (χ3n) is 6.53. The predicted molar refractivity (Wildman–Crippen MR) is 134 cm³/mol. The van der Waals surface area contributed by atoms with Crippen molar-refractivity contribution in [1.82, 2.24) is 10.3 Å². The van der Waals surface area contributed by atoms with Gasteiger partial charge in [-0.15, -0.1) is 11.3 Å². The largest absolute Gasteiger partial charge is 0.508 e. The van der Waals surface area contributed by atoms with Crippen molar-refractivity contribution in [3.05, 3.63) is 57.5 Å². The van der Waals surface area contributed by atoms with Crippen molar-refractivity contribution in [3.8, 4) is 5.75 Å². The van der Waals surface area contributed by atoms with Gasteiger partial charge in [0, 0.05) is 27.3 Å². The molecule has 0 saturated heterocycles. The molecule has 1 amide bonds. The molecule has 0 bridgehead atoms. The first-order valence-corrected chi connectivity index (χ1v) is 12.8. The van der Waals surface area contributed by atoms with Crippen LogP contribution in [0.1, 0.15) is 71.4 Å². The SMILES string of the molecule is COC(=O)C(Cc1ccc(C(C)C)s1)NC(=O)c1cc2ccc(O)cc2c(CC2CCCC2)n1. The molecular formula is C27H32N2O4S. The minimum absolute atomic E-state index is 0.182. The summed E-state index contributed by atoms with van der Waals surface area (Å²) in [4.78, 5) is 32.7. The van der Waals surface area contributed by atoms with Gasteiger partial charge in [0.05, 0.1) is 7.11 Å². The summed E-state index contributed by atoms with van der Waals surface area (Å²) in [6.45, 7) is 4.26. The van der Waals surface area contributed by atoms with Crippen molar-refractivity contribution >= 4 is 34.0 Å². The van der Waals surface area contributed by atoms with Gasteiger partial charge in [-0.1, -0.05) is 45.6 Å². The van der Waals surface area contributed by atoms with Crippen molar-refractivity contribution in [2.24, 2.45) is 5.92 Å². The van der Waals surface area contributed by atoms with Crippen LogP contribution in [0.2, 0.25) is 0 Å². The van der Waals surface area contributed by atoms with Gasteiger partial charge in [0.15, 0.2) is 0 Å². The molecule has 1 fully saturated rings. The third-order valence-corrected chi connectivity index (χ3v) is 7.94. The monoisotopic (exact) mass is 480 g/mol. The highest BCUT2D eigenvalue weighted by Gasteiger charge is 2.25. The van der Waals surface area contributed by atoms with Gasteiger partial charge in [-0.25, -0.2) is 9.78 Å². The van der Waals surface area contributed by atoms with Gasteiger partial charge in [-0.2, -0.15) is 0 Å². The summed E-state index contributed by atoms with van der Waals surface area (Å²) in [5.74, 6) is 0.239. The predicted octanol–water partition coefficient (Wildman–Crippen LogP) is 5.37. The van der Waals surface area contributed by atoms with Crippen LogP contribution >= 0.6 is 11.3 Å². The lowest BCUT2D eigenvalue weighted by molar-refractivity contribution is -0.142. The zero-order valence-electron chi connectivity index (χ0n) is 20.0. The van der Waals surface area contributed by atoms with Crippen LogP contribution in [0.4, 0.5) is 0 Å². The average Bonchev–Trinajstić information content (AvgIpc) is 3.50. The van der Waals surface area contributed by atoms with Crippen LogP contribution in [0.15, 0.2) is 36.4 Å². The number of phenolic OH excluding ortho intramolecular Hbond substituents is 1. The number of carbonyl (C=O) groups is 2. The molecule has 0 spiro atoms. The number of nitrogens with zero attached hydrogens (tertiary/aromatic N) is 1. The Morgan fingerprint density at radius 3 is 2.62 bits per heavy atom. The lowest BCUT2D eigenvalue weighted by atomic mass is 9.97. The molecule has 1 atom stereocenters. The van der Waals surface area contributed by atoms with Crippen LogP contribution in [0.5, 0.6) is 5.75 Å². The number of hydrogen-bond donors (Lipinski definition) is 2. The number of hydrogen-bond acceptors (Lipinski definition) is 6. The number of fused-ring (bicyclic) bond motifs is 1. The molecule has 3 aromatic rings. The van der Waals surface area contributed by atoms with Gasteiger partial charge in [-0.05, 0) is 54.0 Å². The molecule has 7 heteroatoms. The number of carbonyl (C=O) groups excluding carboxylic acids is 2. The van der Waals surface area contributed by atoms with E-state index in [-0.39, 0.29) is 11.4 Å². The topological polar surface area (TPSA) is 88.5 Å². The fourth-order valence-corrected chi connectivity index (χ4v) is 5.71. The Kier molecular flexibility index (Phi) is 7.51. The highest BCUT2D eigenvalue weighted by Crippen LogP contribution is 2.31. The fraction of sp³-hybridized carbons (Fsp3) is 0.444. The second-order valence-corrected chi connectivity index (χ2v) is 10.6. The molecule has 0 radical (unpaired) electrons. The van der Waals surface area contributed by atoms with Gasteiger partial charge in [0.2, 0.25) is 0 Å². The van der Waals surface area contributed by atoms with E-state index in [1.807, 2.05) is 6.07 Å². The fourth-order valence-electron chi connectivity index (χ4n) is 4.65. The number of aromatic nitrogens is 1. The van der Waals surface area contributed by atoms with E-state index in [9.17, 15) is 14.7 Å². The lowest BCUT2D eigenvalue weighted by Crippen LogP contribution is -2.43. The number of esters is 1. The Labute approximate surface area is 204 Å². The summed E-state index contributed by atoms with van der Waals surface area (Å²) in [7, 11) is 1.33. The van der Waals surface area contributed by atoms with E-state index < -0.39 is 17.9 Å². The van der Waals surface area contributed by atoms with Crippen LogP contribution < -0.4 is 5.32 Å². The van der Waals surface area contributed by atoms with Crippen molar-refractivity contribution in [2.45, 2.75) is 64.3 Å². The van der Waals surface area contributed by atoms with Crippen LogP contribution in [0.25, 0.3) is 10.8 Å². The summed E-state index contributed by atoms with van der Waals surface area (Å²) in [6, 6.07) is 10.1. The van der Waals surface area contributed by atoms with Crippen molar-refractivity contribution in [3.63, 3.8) is 0 Å². The molecule has 2 heterocycles. The molecular weight excluding hydrogens is 448 g/mol. The Morgan fingerprint density at radius 2 is 1.94 bits per heavy atom. The number of ether oxygens (including phenoxy) is 1. The van der Waals surface area contributed by atoms with E-state index in [1.165, 1.54) is 24.8 Å². The minimum Gasteiger partial charge on any atom is -0.508 e. The van der Waals surface area contributed by atoms with Gasteiger partial charge < -0.3 is 15.2 Å². The number of amides is 1. The Morgan fingerprint density at radius 1 is 1.18 bits per heavy atom. The molecule has 1 saturated carbocycles. The summed E-state index contributed by atoms with van der Waals surface area (Å²) in [6.07, 6.45) is 5.89. The smallest absolute Gasteiger partial charge is 0.328 e. The third kappa shape index (κ3) is 5.58. The second kappa shape index (κ2) is 10.6. The Bertz CT molecular complexity index is 1180. The van der Waals surface area contributed by atoms with Crippen LogP contribution in [0, 0.1) is 5.92 Å². The second-order valence-electron chi connectivity index (χ2n) is 9.43. The maximum atomic E-state index is 13.3. The maximum absolute atomic E-state index is 13.3. The molecule has 1 aromatic carbocycles. The maximum Gasteiger partial charge on any atom is 0.328 e. The van der Waals surface area contributed by atoms with Gasteiger partial charge in [-0.3, -0.25) is 4.79 Å². The van der Waals surface area contributed by atoms with E-state index in [0.29, 0.717) is 18.3 Å². The lowest BCUT2D eigenvalue weighted by Gasteiger charge is -2.17. The van der Waals surface area contributed by atoms with E-state index in [0.717, 1.165) is 40.6 Å². The summed E-state index contributed by atoms with van der Waals surface area (Å²) in [5.41, 5.74) is 1.09. The van der Waals surface area contributed by atoms with Gasteiger partial charge in [0.1, 0.15) is 17.5 Å². The molecule has 2 aromatic heterocycles. The first-order valence-electron chi connectivity index (χ1n) is 11.9. The van der Waals surface area contributed by atoms with E-state index in [1.54, 1.807) is 35.6 Å². The van der Waals surface area contributed by atoms with Crippen LogP contribution in [-0.4, -0.2) is 35.1 Å². The molecule has 180 valence electrons. The number of phenols is 1. The minimum atomic E-state index is -0.799. The number of nitrogens with one attached hydrogen (secondary N) is 1. The highest BCUT2D eigenvalue weighted by molar-refractivity contribution is 7.12. The van der Waals surface area contributed by atoms with Crippen LogP contribution in [0.3, 0.4) is 0 Å². The molecule has 4 rings (SSSR count). The number of pyridine rings is 1. The zero-order chi connectivity index (χ0) is 24.2. The molecule has 1 aliphatic carbocycles. The summed E-state index contributed by atoms with van der Waals surface area (Å²) >= 11 is 1.65. The molecule has 1 unspecified atom stereocenters. The number of rotatable bonds is 8. The van der Waals surface area contributed by atoms with E-state index >= 15 is 0 Å². The molecule has 34 heavy (non-hydrogen) atoms. The molecule has 0 aliphatic heterocycles. The number of aromatic hydroxyl groups is 1. The van der Waals surface area contributed by atoms with Crippen molar-refractivity contribution < 1.29 is 19.4 Å². The number of thiophene rings is 1. The van der Waals surface area contributed by atoms with Gasteiger partial charge >= 0.3 is 5.97 Å². The first kappa shape index (κ1) is 24.2. The van der Waals surface area contributed by atoms with Crippen molar-refractivity contribution in [1.29, 1.82) is 0 Å². The Hall–Kier alpha value is -2.93. The quantitative estimate of drug-likeness (QED) is 0.423. The normalized spacial score (nSPS) is 15.1. The van der Waals surface area contributed by atoms with E-state index in [2.05, 4.69) is 25.2 Å².